The van der Waals surface area contributed by atoms with E-state index in [1.165, 1.54) is 6.92 Å². The van der Waals surface area contributed by atoms with Crippen LogP contribution in [0.15, 0.2) is 42.6 Å². The van der Waals surface area contributed by atoms with Crippen LogP contribution < -0.4 is 5.32 Å². The molecular formula is C20H24N4O2. The number of piperazine rings is 1. The summed E-state index contributed by atoms with van der Waals surface area (Å²) in [6.45, 7) is 5.14. The van der Waals surface area contributed by atoms with Crippen LogP contribution in [0.4, 0.5) is 0 Å². The smallest absolute Gasteiger partial charge is 0.273 e. The zero-order chi connectivity index (χ0) is 18.5. The summed E-state index contributed by atoms with van der Waals surface area (Å²) < 4.78 is 0. The summed E-state index contributed by atoms with van der Waals surface area (Å²) in [6.07, 6.45) is 1.66. The highest BCUT2D eigenvalue weighted by molar-refractivity contribution is 5.99. The van der Waals surface area contributed by atoms with Crippen molar-refractivity contribution in [3.8, 4) is 11.1 Å². The van der Waals surface area contributed by atoms with Crippen molar-refractivity contribution < 1.29 is 9.59 Å². The van der Waals surface area contributed by atoms with E-state index < -0.39 is 0 Å². The Kier molecular flexibility index (Phi) is 5.63. The molecule has 0 spiro atoms. The van der Waals surface area contributed by atoms with Crippen LogP contribution >= 0.6 is 0 Å². The van der Waals surface area contributed by atoms with Gasteiger partial charge in [0.15, 0.2) is 0 Å². The van der Waals surface area contributed by atoms with E-state index >= 15 is 0 Å². The van der Waals surface area contributed by atoms with Crippen molar-refractivity contribution >= 4 is 11.8 Å². The predicted octanol–water partition coefficient (Wildman–Crippen LogP) is 1.77. The summed E-state index contributed by atoms with van der Waals surface area (Å²) in [5.74, 6) is -0.0938. The van der Waals surface area contributed by atoms with Gasteiger partial charge in [-0.05, 0) is 30.3 Å². The fourth-order valence-corrected chi connectivity index (χ4v) is 3.04. The lowest BCUT2D eigenvalue weighted by atomic mass is 10.0. The SMILES string of the molecule is CC(=O)NCc1cccc(-c2cccnc2C(=O)N2CCN(C)CC2)c1. The molecule has 136 valence electrons. The first kappa shape index (κ1) is 18.1. The first-order chi connectivity index (χ1) is 12.5. The van der Waals surface area contributed by atoms with Crippen LogP contribution in [0, 0.1) is 0 Å². The molecule has 2 amide bonds. The fourth-order valence-electron chi connectivity index (χ4n) is 3.04. The van der Waals surface area contributed by atoms with E-state index in [0.29, 0.717) is 25.3 Å². The minimum Gasteiger partial charge on any atom is -0.352 e. The number of nitrogens with one attached hydrogen (secondary N) is 1. The first-order valence-corrected chi connectivity index (χ1v) is 8.81. The van der Waals surface area contributed by atoms with E-state index in [4.69, 9.17) is 0 Å². The Morgan fingerprint density at radius 3 is 2.62 bits per heavy atom. The molecule has 0 unspecified atom stereocenters. The maximum absolute atomic E-state index is 13.0. The second-order valence-electron chi connectivity index (χ2n) is 6.61. The number of hydrogen-bond donors (Lipinski definition) is 1. The maximum Gasteiger partial charge on any atom is 0.273 e. The zero-order valence-corrected chi connectivity index (χ0v) is 15.2. The number of rotatable bonds is 4. The summed E-state index contributed by atoms with van der Waals surface area (Å²) in [5.41, 5.74) is 3.22. The molecule has 6 heteroatoms. The van der Waals surface area contributed by atoms with Gasteiger partial charge in [0, 0.05) is 51.4 Å². The highest BCUT2D eigenvalue weighted by Crippen LogP contribution is 2.24. The van der Waals surface area contributed by atoms with E-state index in [-0.39, 0.29) is 11.8 Å². The number of likely N-dealkylation sites (N-methyl/N-ethyl adjacent to an activating group) is 1. The van der Waals surface area contributed by atoms with Crippen LogP contribution in [-0.2, 0) is 11.3 Å². The molecule has 0 aliphatic carbocycles. The molecule has 0 bridgehead atoms. The van der Waals surface area contributed by atoms with Gasteiger partial charge >= 0.3 is 0 Å². The molecule has 1 fully saturated rings. The van der Waals surface area contributed by atoms with Crippen LogP contribution in [0.2, 0.25) is 0 Å². The second-order valence-corrected chi connectivity index (χ2v) is 6.61. The summed E-state index contributed by atoms with van der Waals surface area (Å²) in [4.78, 5) is 32.6. The minimum absolute atomic E-state index is 0.0269. The molecule has 0 atom stereocenters. The molecule has 0 saturated carbocycles. The van der Waals surface area contributed by atoms with Crippen LogP contribution in [-0.4, -0.2) is 59.8 Å². The third kappa shape index (κ3) is 4.26. The van der Waals surface area contributed by atoms with Gasteiger partial charge in [-0.3, -0.25) is 14.6 Å². The predicted molar refractivity (Wildman–Crippen MR) is 101 cm³/mol. The second kappa shape index (κ2) is 8.10. The number of benzene rings is 1. The summed E-state index contributed by atoms with van der Waals surface area (Å²) in [5, 5.41) is 2.80. The van der Waals surface area contributed by atoms with Crippen molar-refractivity contribution in [3.05, 3.63) is 53.9 Å². The Bertz CT molecular complexity index is 798. The molecule has 1 aromatic carbocycles. The molecule has 1 N–H and O–H groups in total. The molecule has 2 aromatic rings. The summed E-state index contributed by atoms with van der Waals surface area (Å²) >= 11 is 0. The molecule has 3 rings (SSSR count). The minimum atomic E-state index is -0.0669. The monoisotopic (exact) mass is 352 g/mol. The highest BCUT2D eigenvalue weighted by Gasteiger charge is 2.23. The number of carbonyl (C=O) groups excluding carboxylic acids is 2. The van der Waals surface area contributed by atoms with E-state index in [1.807, 2.05) is 41.3 Å². The Labute approximate surface area is 153 Å². The number of hydrogen-bond acceptors (Lipinski definition) is 4. The molecular weight excluding hydrogens is 328 g/mol. The van der Waals surface area contributed by atoms with E-state index in [1.54, 1.807) is 6.20 Å². The molecule has 0 radical (unpaired) electrons. The van der Waals surface area contributed by atoms with Crippen LogP contribution in [0.25, 0.3) is 11.1 Å². The Hall–Kier alpha value is -2.73. The molecule has 1 aromatic heterocycles. The van der Waals surface area contributed by atoms with Gasteiger partial charge < -0.3 is 15.1 Å². The van der Waals surface area contributed by atoms with Gasteiger partial charge in [0.2, 0.25) is 5.91 Å². The number of aromatic nitrogens is 1. The van der Waals surface area contributed by atoms with Crippen molar-refractivity contribution in [2.45, 2.75) is 13.5 Å². The topological polar surface area (TPSA) is 65.5 Å². The third-order valence-electron chi connectivity index (χ3n) is 4.58. The largest absolute Gasteiger partial charge is 0.352 e. The first-order valence-electron chi connectivity index (χ1n) is 8.81. The van der Waals surface area contributed by atoms with Gasteiger partial charge in [-0.2, -0.15) is 0 Å². The molecule has 1 aliphatic rings. The lowest BCUT2D eigenvalue weighted by Gasteiger charge is -2.32. The molecule has 1 saturated heterocycles. The Morgan fingerprint density at radius 2 is 1.88 bits per heavy atom. The maximum atomic E-state index is 13.0. The lowest BCUT2D eigenvalue weighted by Crippen LogP contribution is -2.47. The van der Waals surface area contributed by atoms with E-state index in [0.717, 1.165) is 29.8 Å². The van der Waals surface area contributed by atoms with E-state index in [2.05, 4.69) is 22.2 Å². The number of carbonyl (C=O) groups is 2. The molecule has 6 nitrogen and oxygen atoms in total. The van der Waals surface area contributed by atoms with Gasteiger partial charge in [0.25, 0.3) is 5.91 Å². The number of pyridine rings is 1. The standard InChI is InChI=1S/C20H24N4O2/c1-15(25)22-14-16-5-3-6-17(13-16)18-7-4-8-21-19(18)20(26)24-11-9-23(2)10-12-24/h3-8,13H,9-12,14H2,1-2H3,(H,22,25). The third-order valence-corrected chi connectivity index (χ3v) is 4.58. The van der Waals surface area contributed by atoms with Crippen LogP contribution in [0.1, 0.15) is 23.0 Å². The zero-order valence-electron chi connectivity index (χ0n) is 15.2. The highest BCUT2D eigenvalue weighted by atomic mass is 16.2. The van der Waals surface area contributed by atoms with Gasteiger partial charge in [0.05, 0.1) is 0 Å². The van der Waals surface area contributed by atoms with Gasteiger partial charge in [-0.15, -0.1) is 0 Å². The van der Waals surface area contributed by atoms with E-state index in [9.17, 15) is 9.59 Å². The molecule has 26 heavy (non-hydrogen) atoms. The average Bonchev–Trinajstić information content (AvgIpc) is 2.67. The van der Waals surface area contributed by atoms with Gasteiger partial charge in [-0.1, -0.05) is 24.3 Å². The fraction of sp³-hybridized carbons (Fsp3) is 0.350. The Balaban J connectivity index is 1.86. The van der Waals surface area contributed by atoms with Crippen molar-refractivity contribution in [1.29, 1.82) is 0 Å². The van der Waals surface area contributed by atoms with Gasteiger partial charge in [-0.25, -0.2) is 0 Å². The average molecular weight is 352 g/mol. The van der Waals surface area contributed by atoms with Gasteiger partial charge in [0.1, 0.15) is 5.69 Å². The Morgan fingerprint density at radius 1 is 1.12 bits per heavy atom. The normalized spacial score (nSPS) is 14.9. The lowest BCUT2D eigenvalue weighted by molar-refractivity contribution is -0.119. The molecule has 2 heterocycles. The van der Waals surface area contributed by atoms with Crippen LogP contribution in [0.5, 0.6) is 0 Å². The summed E-state index contributed by atoms with van der Waals surface area (Å²) in [6, 6.07) is 11.6. The van der Waals surface area contributed by atoms with Crippen LogP contribution in [0.3, 0.4) is 0 Å². The number of amides is 2. The van der Waals surface area contributed by atoms with Crippen molar-refractivity contribution in [3.63, 3.8) is 0 Å². The summed E-state index contributed by atoms with van der Waals surface area (Å²) in [7, 11) is 2.06. The quantitative estimate of drug-likeness (QED) is 0.911. The van der Waals surface area contributed by atoms with Crippen molar-refractivity contribution in [1.82, 2.24) is 20.1 Å². The van der Waals surface area contributed by atoms with Crippen molar-refractivity contribution in [2.24, 2.45) is 0 Å². The number of nitrogens with zero attached hydrogens (tertiary/aromatic N) is 3. The molecule has 1 aliphatic heterocycles. The van der Waals surface area contributed by atoms with Crippen molar-refractivity contribution in [2.75, 3.05) is 33.2 Å².